The predicted molar refractivity (Wildman–Crippen MR) is 476 cm³/mol. The molecule has 0 radical (unpaired) electrons. The van der Waals surface area contributed by atoms with E-state index in [-0.39, 0.29) is 89.9 Å². The van der Waals surface area contributed by atoms with Gasteiger partial charge in [-0.3, -0.25) is 72.0 Å². The highest BCUT2D eigenvalue weighted by Gasteiger charge is 2.57. The van der Waals surface area contributed by atoms with Crippen molar-refractivity contribution in [3.8, 4) is 0 Å². The lowest BCUT2D eigenvalue weighted by atomic mass is 9.73. The number of methoxy groups -OCH3 is 6. The molecule has 2 heterocycles. The zero-order valence-corrected chi connectivity index (χ0v) is 78.2. The molecular formula is C90H151N9O28. The number of carboxylic acids is 3. The topological polar surface area (TPSA) is 493 Å². The van der Waals surface area contributed by atoms with Crippen LogP contribution in [0.15, 0.2) is 48.5 Å². The molecule has 1 aliphatic carbocycles. The number of imide groups is 1. The highest BCUT2D eigenvalue weighted by Crippen LogP contribution is 2.43. The van der Waals surface area contributed by atoms with Crippen molar-refractivity contribution in [1.82, 2.24) is 30.2 Å². The molecule has 37 nitrogen and oxygen atoms in total. The summed E-state index contributed by atoms with van der Waals surface area (Å²) in [5.74, 6) is -27.8. The number of anilines is 2. The number of aliphatic hydroxyl groups is 2. The van der Waals surface area contributed by atoms with Gasteiger partial charge in [0.1, 0.15) is 18.2 Å². The zero-order valence-electron chi connectivity index (χ0n) is 78.2. The number of nitrogens with zero attached hydrogens (tertiary/aromatic N) is 6. The smallest absolute Gasteiger partial charge is 0.320 e. The summed E-state index contributed by atoms with van der Waals surface area (Å²) < 4.78 is 49.9. The van der Waals surface area contributed by atoms with E-state index in [1.54, 1.807) is 73.2 Å². The molecule has 18 unspecified atom stereocenters. The second-order valence-electron chi connectivity index (χ2n) is 32.4. The second kappa shape index (κ2) is 62.4. The van der Waals surface area contributed by atoms with Crippen LogP contribution in [0.5, 0.6) is 0 Å². The highest BCUT2D eigenvalue weighted by atomic mass is 16.6. The SMILES string of the molecule is C.CCC(OC)C1C(=O)OC(=O)C1C.CCO.CCOC(=O)C(C(CC(C(=O)O)C(C(=O)NCCCN(C)C)C(CC1C(=O)N(CCCN(C)C)C(=O)C1C(CC(C(=O)O)C(C(=O)OCCNC(=O)c1ccc(N(C)C)cc1)C(CC)OC)OC)OC)OC)C(CC(OC)C1C(=O)CC(=O)C1C)C(=O)O.CN(C)CCCN.CN(C)c1ccc(C(=O)CCCO)cc1. The first-order valence-electron chi connectivity index (χ1n) is 42.9. The van der Waals surface area contributed by atoms with Gasteiger partial charge in [0.15, 0.2) is 5.78 Å². The third-order valence-corrected chi connectivity index (χ3v) is 22.5. The molecule has 2 aromatic rings. The van der Waals surface area contributed by atoms with E-state index in [2.05, 4.69) is 34.4 Å². The number of aliphatic hydroxyl groups excluding tert-OH is 2. The van der Waals surface area contributed by atoms with E-state index in [0.29, 0.717) is 49.9 Å². The van der Waals surface area contributed by atoms with E-state index in [4.69, 9.17) is 53.8 Å². The Morgan fingerprint density at radius 2 is 0.976 bits per heavy atom. The summed E-state index contributed by atoms with van der Waals surface area (Å²) in [6, 6.07) is 14.3. The molecule has 37 heteroatoms. The van der Waals surface area contributed by atoms with E-state index in [9.17, 15) is 77.6 Å². The number of carboxylic acid groups (broad SMARTS) is 3. The number of nitrogens with two attached hydrogens (primary N) is 1. The number of ketones is 3. The molecule has 3 aliphatic rings. The van der Waals surface area contributed by atoms with Crippen molar-refractivity contribution in [3.63, 3.8) is 0 Å². The number of amides is 4. The van der Waals surface area contributed by atoms with Crippen LogP contribution in [0.1, 0.15) is 147 Å². The maximum Gasteiger partial charge on any atom is 0.320 e. The molecule has 1 saturated carbocycles. The summed E-state index contributed by atoms with van der Waals surface area (Å²) in [4.78, 5) is 198. The quantitative estimate of drug-likeness (QED) is 0.0108. The van der Waals surface area contributed by atoms with Crippen molar-refractivity contribution in [1.29, 1.82) is 0 Å². The largest absolute Gasteiger partial charge is 0.481 e. The molecule has 724 valence electrons. The molecule has 4 amide bonds. The number of hydrogen-bond donors (Lipinski definition) is 8. The number of hydrogen-bond acceptors (Lipinski definition) is 31. The first-order valence-corrected chi connectivity index (χ1v) is 42.9. The standard InChI is InChI=1S/C61H96N6O21.C12H17NO2.C9H14O4.C5H14N2.C2H6O.CH4/c1-15-43(82-10)51(61(81)88-28-24-63-53(70)35-19-21-36(22-20-35)66(8)9)39(58(76)77)32-46(85-13)50-37(55(72)67(56(50)73)27-18-26-65(6)7)29-45(84-12)49(54(71)62-23-17-25-64(4)5)38(57(74)75)30-47(86-14)52(60(80)87-16-2)40(59(78)79)31-44(83-11)48-34(3)41(68)33-42(48)69;1-13(2)11-7-5-10(6-8-11)12(15)4-3-9-14;1-4-6(12-3)7-5(2)8(10)13-9(7)11;1-7(2)5-3-4-6;1-2-3;/h19-22,34,37-40,43-52H,15-18,23-33H2,1-14H3,(H,62,71)(H,63,70)(H,74,75)(H,76,77)(H,78,79);5-8,14H,3-4,9H2,1-2H3;5-7H,4H2,1-3H3;3-6H2,1-2H3;3H,2H2,1H3;1H4. The lowest BCUT2D eigenvalue weighted by Crippen LogP contribution is -2.50. The van der Waals surface area contributed by atoms with Gasteiger partial charge in [0.25, 0.3) is 5.91 Å². The maximum absolute atomic E-state index is 15.0. The monoisotopic (exact) mass is 1810 g/mol. The Morgan fingerprint density at radius 3 is 1.38 bits per heavy atom. The number of ether oxygens (including phenoxy) is 9. The van der Waals surface area contributed by atoms with E-state index in [1.807, 2.05) is 79.0 Å². The second-order valence-corrected chi connectivity index (χ2v) is 32.4. The van der Waals surface area contributed by atoms with Gasteiger partial charge in [0.2, 0.25) is 17.7 Å². The van der Waals surface area contributed by atoms with E-state index in [0.717, 1.165) is 50.0 Å². The summed E-state index contributed by atoms with van der Waals surface area (Å²) in [6.07, 6.45) is -6.57. The average molecular weight is 1810 g/mol. The molecule has 3 fully saturated rings. The van der Waals surface area contributed by atoms with Crippen LogP contribution in [-0.2, 0) is 100 Å². The first-order chi connectivity index (χ1) is 59.5. The first kappa shape index (κ1) is 118. The Hall–Kier alpha value is -8.86. The van der Waals surface area contributed by atoms with Crippen molar-refractivity contribution in [2.75, 3.05) is 195 Å². The minimum Gasteiger partial charge on any atom is -0.481 e. The van der Waals surface area contributed by atoms with Crippen molar-refractivity contribution in [2.45, 2.75) is 163 Å². The highest BCUT2D eigenvalue weighted by molar-refractivity contribution is 6.09. The fraction of sp³-hybridized carbons (Fsp3) is 0.711. The Labute approximate surface area is 750 Å². The minimum atomic E-state index is -1.92. The maximum atomic E-state index is 15.0. The molecular weight excluding hydrogens is 1660 g/mol. The van der Waals surface area contributed by atoms with Gasteiger partial charge in [-0.25, -0.2) is 0 Å². The molecule has 127 heavy (non-hydrogen) atoms. The van der Waals surface area contributed by atoms with E-state index < -0.39 is 199 Å². The number of esters is 4. The van der Waals surface area contributed by atoms with Gasteiger partial charge in [0.05, 0.1) is 121 Å². The normalized spacial score (nSPS) is 19.4. The van der Waals surface area contributed by atoms with Crippen molar-refractivity contribution in [2.24, 2.45) is 76.7 Å². The number of carbonyl (C=O) groups excluding carboxylic acids is 11. The van der Waals surface area contributed by atoms with Gasteiger partial charge < -0.3 is 109 Å². The third kappa shape index (κ3) is 38.0. The van der Waals surface area contributed by atoms with Crippen molar-refractivity contribution >= 4 is 94.1 Å². The number of carbonyl (C=O) groups is 14. The van der Waals surface area contributed by atoms with Crippen LogP contribution in [0.4, 0.5) is 11.4 Å². The minimum absolute atomic E-state index is 0. The number of cyclic esters (lactones) is 2. The lowest BCUT2D eigenvalue weighted by molar-refractivity contribution is -0.169. The van der Waals surface area contributed by atoms with Gasteiger partial charge in [-0.2, -0.15) is 0 Å². The fourth-order valence-corrected chi connectivity index (χ4v) is 15.6. The number of Topliss-reactive ketones (excluding diaryl/α,β-unsaturated/α-hetero) is 3. The molecule has 0 bridgehead atoms. The molecule has 9 N–H and O–H groups in total. The van der Waals surface area contributed by atoms with Gasteiger partial charge >= 0.3 is 41.8 Å². The van der Waals surface area contributed by atoms with Crippen LogP contribution in [0, 0.1) is 71.0 Å². The molecule has 0 spiro atoms. The molecule has 5 rings (SSSR count). The predicted octanol–water partition coefficient (Wildman–Crippen LogP) is 4.99. The van der Waals surface area contributed by atoms with Crippen molar-refractivity contribution in [3.05, 3.63) is 59.7 Å². The van der Waals surface area contributed by atoms with Crippen LogP contribution in [0.2, 0.25) is 0 Å². The average Bonchev–Trinajstić information content (AvgIpc) is 1.63. The molecule has 2 aromatic carbocycles. The van der Waals surface area contributed by atoms with Crippen LogP contribution in [-0.4, -0.2) is 350 Å². The van der Waals surface area contributed by atoms with Gasteiger partial charge in [-0.1, -0.05) is 35.1 Å². The van der Waals surface area contributed by atoms with E-state index in [1.165, 1.54) is 42.3 Å². The van der Waals surface area contributed by atoms with Crippen LogP contribution in [0.25, 0.3) is 0 Å². The van der Waals surface area contributed by atoms with Crippen LogP contribution >= 0.6 is 0 Å². The summed E-state index contributed by atoms with van der Waals surface area (Å²) >= 11 is 0. The number of nitrogens with one attached hydrogen (secondary N) is 2. The van der Waals surface area contributed by atoms with Crippen molar-refractivity contribution < 1.29 is 135 Å². The van der Waals surface area contributed by atoms with Gasteiger partial charge in [-0.15, -0.1) is 0 Å². The third-order valence-electron chi connectivity index (χ3n) is 22.5. The van der Waals surface area contributed by atoms with Crippen LogP contribution in [0.3, 0.4) is 0 Å². The summed E-state index contributed by atoms with van der Waals surface area (Å²) in [5.41, 5.74) is 8.25. The zero-order chi connectivity index (χ0) is 95.9. The van der Waals surface area contributed by atoms with E-state index >= 15 is 4.79 Å². The summed E-state index contributed by atoms with van der Waals surface area (Å²) in [5, 5.41) is 54.9. The molecule has 0 aromatic heterocycles. The Kier molecular flexibility index (Phi) is 58.0. The lowest BCUT2D eigenvalue weighted by Gasteiger charge is -2.37. The molecule has 2 aliphatic heterocycles. The number of benzene rings is 2. The summed E-state index contributed by atoms with van der Waals surface area (Å²) in [7, 11) is 26.4. The Morgan fingerprint density at radius 1 is 0.512 bits per heavy atom. The number of likely N-dealkylation sites (tertiary alicyclic amines) is 1. The van der Waals surface area contributed by atoms with Gasteiger partial charge in [-0.05, 0) is 195 Å². The Balaban J connectivity index is 0.00000330. The number of aliphatic carboxylic acids is 3. The molecule has 18 atom stereocenters. The Bertz CT molecular complexity index is 3670. The van der Waals surface area contributed by atoms with Crippen LogP contribution < -0.4 is 26.2 Å². The fourth-order valence-electron chi connectivity index (χ4n) is 15.6. The molecule has 2 saturated heterocycles. The summed E-state index contributed by atoms with van der Waals surface area (Å²) in [6.45, 7) is 12.2. The number of rotatable bonds is 53. The van der Waals surface area contributed by atoms with Gasteiger partial charge in [0, 0.05) is 132 Å².